The summed E-state index contributed by atoms with van der Waals surface area (Å²) in [6.45, 7) is 4.12. The molecule has 2 heteroatoms. The summed E-state index contributed by atoms with van der Waals surface area (Å²) in [5.74, 6) is 0.114. The maximum Gasteiger partial charge on any atom is 0.119 e. The van der Waals surface area contributed by atoms with Gasteiger partial charge in [0, 0.05) is 12.0 Å². The third-order valence-electron chi connectivity index (χ3n) is 4.08. The Morgan fingerprint density at radius 1 is 0.565 bits per heavy atom. The van der Waals surface area contributed by atoms with Gasteiger partial charge in [-0.3, -0.25) is 0 Å². The van der Waals surface area contributed by atoms with E-state index in [0.29, 0.717) is 0 Å². The Labute approximate surface area is 136 Å². The van der Waals surface area contributed by atoms with Crippen LogP contribution in [-0.2, 0) is 0 Å². The van der Waals surface area contributed by atoms with Crippen LogP contribution in [0.3, 0.4) is 0 Å². The van der Waals surface area contributed by atoms with E-state index < -0.39 is 0 Å². The molecule has 0 spiro atoms. The molecule has 3 aromatic rings. The van der Waals surface area contributed by atoms with Gasteiger partial charge >= 0.3 is 0 Å². The summed E-state index contributed by atoms with van der Waals surface area (Å²) in [5, 5.41) is 19.7. The van der Waals surface area contributed by atoms with Crippen LogP contribution in [0.15, 0.2) is 66.7 Å². The zero-order chi connectivity index (χ0) is 16.4. The third-order valence-corrected chi connectivity index (χ3v) is 4.08. The average Bonchev–Trinajstić information content (AvgIpc) is 2.50. The predicted molar refractivity (Wildman–Crippen MR) is 93.1 cm³/mol. The van der Waals surface area contributed by atoms with Crippen molar-refractivity contribution in [3.63, 3.8) is 0 Å². The maximum absolute atomic E-state index is 9.86. The summed E-state index contributed by atoms with van der Waals surface area (Å²) in [5.41, 5.74) is 5.54. The molecular formula is C21H20O2. The lowest BCUT2D eigenvalue weighted by Crippen LogP contribution is -2.03. The Morgan fingerprint density at radius 2 is 0.957 bits per heavy atom. The second kappa shape index (κ2) is 6.17. The van der Waals surface area contributed by atoms with Gasteiger partial charge < -0.3 is 10.2 Å². The van der Waals surface area contributed by atoms with Gasteiger partial charge in [0.05, 0.1) is 0 Å². The number of phenols is 2. The molecule has 0 fully saturated rings. The van der Waals surface area contributed by atoms with Crippen LogP contribution in [0.2, 0.25) is 0 Å². The van der Waals surface area contributed by atoms with Gasteiger partial charge in [0.1, 0.15) is 11.5 Å². The summed E-state index contributed by atoms with van der Waals surface area (Å²) < 4.78 is 0. The molecule has 0 aliphatic rings. The first-order valence-electron chi connectivity index (χ1n) is 7.69. The Morgan fingerprint density at radius 3 is 1.35 bits per heavy atom. The van der Waals surface area contributed by atoms with E-state index in [4.69, 9.17) is 0 Å². The van der Waals surface area contributed by atoms with Gasteiger partial charge in [0.2, 0.25) is 0 Å². The van der Waals surface area contributed by atoms with Crippen molar-refractivity contribution in [2.45, 2.75) is 19.8 Å². The van der Waals surface area contributed by atoms with Gasteiger partial charge in [-0.25, -0.2) is 0 Å². The van der Waals surface area contributed by atoms with Crippen LogP contribution in [0.4, 0.5) is 0 Å². The van der Waals surface area contributed by atoms with Crippen molar-refractivity contribution in [2.24, 2.45) is 0 Å². The molecule has 0 aliphatic heterocycles. The molecule has 3 rings (SSSR count). The average molecular weight is 304 g/mol. The number of aromatic hydroxyl groups is 2. The highest BCUT2D eigenvalue weighted by atomic mass is 16.3. The smallest absolute Gasteiger partial charge is 0.119 e. The third kappa shape index (κ3) is 3.37. The lowest BCUT2D eigenvalue weighted by Gasteiger charge is -2.20. The van der Waals surface area contributed by atoms with Gasteiger partial charge in [-0.05, 0) is 42.7 Å². The first kappa shape index (κ1) is 15.2. The summed E-state index contributed by atoms with van der Waals surface area (Å²) in [6.07, 6.45) is 0. The summed E-state index contributed by atoms with van der Waals surface area (Å²) in [4.78, 5) is 0. The van der Waals surface area contributed by atoms with Gasteiger partial charge in [0.25, 0.3) is 0 Å². The van der Waals surface area contributed by atoms with E-state index in [2.05, 4.69) is 62.4 Å². The maximum atomic E-state index is 9.86. The number of benzene rings is 3. The lowest BCUT2D eigenvalue weighted by atomic mass is 9.84. The zero-order valence-corrected chi connectivity index (χ0v) is 13.3. The Hall–Kier alpha value is -2.74. The van der Waals surface area contributed by atoms with Crippen molar-refractivity contribution in [1.29, 1.82) is 0 Å². The topological polar surface area (TPSA) is 40.5 Å². The van der Waals surface area contributed by atoms with E-state index in [-0.39, 0.29) is 17.4 Å². The van der Waals surface area contributed by atoms with E-state index in [1.807, 2.05) is 0 Å². The first-order chi connectivity index (χ1) is 11.0. The molecule has 0 amide bonds. The fourth-order valence-corrected chi connectivity index (χ4v) is 2.88. The molecule has 0 atom stereocenters. The number of hydrogen-bond donors (Lipinski definition) is 2. The second-order valence-electron chi connectivity index (χ2n) is 6.04. The fourth-order valence-electron chi connectivity index (χ4n) is 2.88. The quantitative estimate of drug-likeness (QED) is 0.676. The zero-order valence-electron chi connectivity index (χ0n) is 13.3. The van der Waals surface area contributed by atoms with Crippen LogP contribution >= 0.6 is 0 Å². The highest BCUT2D eigenvalue weighted by Crippen LogP contribution is 2.35. The monoisotopic (exact) mass is 304 g/mol. The standard InChI is InChI=1S/C21H20O2/c1-14-3-7-16(8-4-14)21(17-9-5-15(2)6-10-17)18-11-19(22)13-20(23)12-18/h3-13,21-23H,1-2H3. The van der Waals surface area contributed by atoms with Gasteiger partial charge in [0.15, 0.2) is 0 Å². The van der Waals surface area contributed by atoms with Crippen molar-refractivity contribution in [3.8, 4) is 11.5 Å². The SMILES string of the molecule is Cc1ccc(C(c2ccc(C)cc2)c2cc(O)cc(O)c2)cc1. The normalized spacial score (nSPS) is 10.9. The number of rotatable bonds is 3. The van der Waals surface area contributed by atoms with Gasteiger partial charge in [-0.1, -0.05) is 59.7 Å². The predicted octanol–water partition coefficient (Wildman–Crippen LogP) is 4.89. The van der Waals surface area contributed by atoms with Crippen LogP contribution in [0.5, 0.6) is 11.5 Å². The Kier molecular flexibility index (Phi) is 4.07. The summed E-state index contributed by atoms with van der Waals surface area (Å²) >= 11 is 0. The highest BCUT2D eigenvalue weighted by Gasteiger charge is 2.18. The van der Waals surface area contributed by atoms with E-state index in [0.717, 1.165) is 16.7 Å². The summed E-state index contributed by atoms with van der Waals surface area (Å²) in [6, 6.07) is 21.5. The van der Waals surface area contributed by atoms with Gasteiger partial charge in [-0.15, -0.1) is 0 Å². The van der Waals surface area contributed by atoms with Crippen LogP contribution in [0.1, 0.15) is 33.7 Å². The molecule has 0 aliphatic carbocycles. The minimum absolute atomic E-state index is 0.0331. The highest BCUT2D eigenvalue weighted by molar-refractivity contribution is 5.48. The number of aryl methyl sites for hydroxylation is 2. The van der Waals surface area contributed by atoms with Crippen molar-refractivity contribution in [2.75, 3.05) is 0 Å². The molecule has 0 saturated carbocycles. The summed E-state index contributed by atoms with van der Waals surface area (Å²) in [7, 11) is 0. The first-order valence-corrected chi connectivity index (χ1v) is 7.69. The molecular weight excluding hydrogens is 284 g/mol. The molecule has 2 nitrogen and oxygen atoms in total. The molecule has 0 saturated heterocycles. The van der Waals surface area contributed by atoms with Crippen LogP contribution in [0.25, 0.3) is 0 Å². The molecule has 3 aromatic carbocycles. The second-order valence-corrected chi connectivity index (χ2v) is 6.04. The lowest BCUT2D eigenvalue weighted by molar-refractivity contribution is 0.449. The van der Waals surface area contributed by atoms with Crippen LogP contribution in [0, 0.1) is 13.8 Å². The van der Waals surface area contributed by atoms with E-state index >= 15 is 0 Å². The number of hydrogen-bond acceptors (Lipinski definition) is 2. The molecule has 0 heterocycles. The van der Waals surface area contributed by atoms with Crippen molar-refractivity contribution < 1.29 is 10.2 Å². The van der Waals surface area contributed by atoms with E-state index in [1.165, 1.54) is 17.2 Å². The van der Waals surface area contributed by atoms with Crippen LogP contribution < -0.4 is 0 Å². The minimum atomic E-state index is -0.0331. The fraction of sp³-hybridized carbons (Fsp3) is 0.143. The number of phenolic OH excluding ortho intramolecular Hbond substituents is 2. The molecule has 0 aromatic heterocycles. The Balaban J connectivity index is 2.16. The molecule has 0 unspecified atom stereocenters. The van der Waals surface area contributed by atoms with Crippen molar-refractivity contribution in [1.82, 2.24) is 0 Å². The molecule has 23 heavy (non-hydrogen) atoms. The largest absolute Gasteiger partial charge is 0.508 e. The van der Waals surface area contributed by atoms with E-state index in [1.54, 1.807) is 12.1 Å². The van der Waals surface area contributed by atoms with Gasteiger partial charge in [-0.2, -0.15) is 0 Å². The molecule has 0 bridgehead atoms. The molecule has 116 valence electrons. The van der Waals surface area contributed by atoms with Crippen molar-refractivity contribution in [3.05, 3.63) is 94.5 Å². The van der Waals surface area contributed by atoms with Crippen molar-refractivity contribution >= 4 is 0 Å². The molecule has 2 N–H and O–H groups in total. The van der Waals surface area contributed by atoms with E-state index in [9.17, 15) is 10.2 Å². The Bertz CT molecular complexity index is 737. The van der Waals surface area contributed by atoms with Crippen LogP contribution in [-0.4, -0.2) is 10.2 Å². The molecule has 0 radical (unpaired) electrons. The minimum Gasteiger partial charge on any atom is -0.508 e.